The van der Waals surface area contributed by atoms with Gasteiger partial charge in [-0.15, -0.1) is 0 Å². The molecular weight excluding hydrogens is 216 g/mol. The molecule has 1 fully saturated rings. The van der Waals surface area contributed by atoms with Crippen molar-refractivity contribution in [1.82, 2.24) is 19.5 Å². The Hall–Kier alpha value is -1.49. The third-order valence-electron chi connectivity index (χ3n) is 3.75. The lowest BCUT2D eigenvalue weighted by Gasteiger charge is -2.11. The van der Waals surface area contributed by atoms with Crippen LogP contribution in [0.15, 0.2) is 12.7 Å². The van der Waals surface area contributed by atoms with E-state index in [0.29, 0.717) is 12.0 Å². The second-order valence-corrected chi connectivity index (χ2v) is 4.95. The minimum Gasteiger partial charge on any atom is -0.393 e. The van der Waals surface area contributed by atoms with Gasteiger partial charge in [0.1, 0.15) is 11.8 Å². The van der Waals surface area contributed by atoms with Gasteiger partial charge in [-0.25, -0.2) is 15.0 Å². The number of aromatic nitrogens is 4. The second kappa shape index (κ2) is 3.77. The number of imidazole rings is 1. The standard InChI is InChI=1S/C12H16N4O/c1-7-3-9(4-10(7)17)16-6-15-11-8(2)13-5-14-12(11)16/h5-7,9-10,17H,3-4H2,1-2H3/t7-,9+,10-/m0/s1. The molecule has 5 heteroatoms. The quantitative estimate of drug-likeness (QED) is 0.808. The Morgan fingerprint density at radius 3 is 2.82 bits per heavy atom. The maximum Gasteiger partial charge on any atom is 0.163 e. The molecule has 0 aromatic carbocycles. The van der Waals surface area contributed by atoms with Crippen LogP contribution in [0.3, 0.4) is 0 Å². The molecule has 0 bridgehead atoms. The maximum absolute atomic E-state index is 9.83. The number of aliphatic hydroxyl groups is 1. The smallest absolute Gasteiger partial charge is 0.163 e. The lowest BCUT2D eigenvalue weighted by Crippen LogP contribution is -2.08. The molecular formula is C12H16N4O. The molecule has 2 aromatic heterocycles. The Morgan fingerprint density at radius 1 is 1.29 bits per heavy atom. The molecule has 17 heavy (non-hydrogen) atoms. The molecule has 3 atom stereocenters. The largest absolute Gasteiger partial charge is 0.393 e. The number of hydrogen-bond donors (Lipinski definition) is 1. The van der Waals surface area contributed by atoms with Crippen LogP contribution in [-0.2, 0) is 0 Å². The van der Waals surface area contributed by atoms with Crippen LogP contribution in [-0.4, -0.2) is 30.7 Å². The van der Waals surface area contributed by atoms with E-state index >= 15 is 0 Å². The number of hydrogen-bond acceptors (Lipinski definition) is 4. The van der Waals surface area contributed by atoms with E-state index in [2.05, 4.69) is 26.4 Å². The van der Waals surface area contributed by atoms with Crippen molar-refractivity contribution < 1.29 is 5.11 Å². The maximum atomic E-state index is 9.83. The molecule has 1 N–H and O–H groups in total. The van der Waals surface area contributed by atoms with Gasteiger partial charge < -0.3 is 9.67 Å². The summed E-state index contributed by atoms with van der Waals surface area (Å²) in [6.07, 6.45) is 4.96. The summed E-state index contributed by atoms with van der Waals surface area (Å²) in [6, 6.07) is 0.305. The van der Waals surface area contributed by atoms with Gasteiger partial charge in [0, 0.05) is 6.04 Å². The van der Waals surface area contributed by atoms with Crippen LogP contribution < -0.4 is 0 Å². The summed E-state index contributed by atoms with van der Waals surface area (Å²) in [4.78, 5) is 12.8. The highest BCUT2D eigenvalue weighted by molar-refractivity contribution is 5.72. The molecule has 2 heterocycles. The average molecular weight is 232 g/mol. The molecule has 1 aliphatic rings. The van der Waals surface area contributed by atoms with Crippen molar-refractivity contribution in [3.63, 3.8) is 0 Å². The van der Waals surface area contributed by atoms with E-state index < -0.39 is 0 Å². The number of aliphatic hydroxyl groups excluding tert-OH is 1. The summed E-state index contributed by atoms with van der Waals surface area (Å²) in [5.74, 6) is 0.348. The van der Waals surface area contributed by atoms with Crippen molar-refractivity contribution in [2.45, 2.75) is 38.8 Å². The third kappa shape index (κ3) is 1.61. The van der Waals surface area contributed by atoms with Crippen LogP contribution in [0, 0.1) is 12.8 Å². The number of nitrogens with zero attached hydrogens (tertiary/aromatic N) is 4. The zero-order chi connectivity index (χ0) is 12.0. The van der Waals surface area contributed by atoms with E-state index in [1.807, 2.05) is 13.3 Å². The van der Waals surface area contributed by atoms with Gasteiger partial charge in [-0.2, -0.15) is 0 Å². The van der Waals surface area contributed by atoms with Gasteiger partial charge in [0.2, 0.25) is 0 Å². The minimum atomic E-state index is -0.208. The lowest BCUT2D eigenvalue weighted by atomic mass is 10.1. The van der Waals surface area contributed by atoms with Crippen molar-refractivity contribution in [3.8, 4) is 0 Å². The Morgan fingerprint density at radius 2 is 2.12 bits per heavy atom. The van der Waals surface area contributed by atoms with Crippen LogP contribution >= 0.6 is 0 Å². The summed E-state index contributed by atoms with van der Waals surface area (Å²) >= 11 is 0. The highest BCUT2D eigenvalue weighted by Gasteiger charge is 2.31. The van der Waals surface area contributed by atoms with E-state index in [9.17, 15) is 5.11 Å². The summed E-state index contributed by atoms with van der Waals surface area (Å²) < 4.78 is 2.08. The fourth-order valence-corrected chi connectivity index (χ4v) is 2.66. The fraction of sp³-hybridized carbons (Fsp3) is 0.583. The highest BCUT2D eigenvalue weighted by atomic mass is 16.3. The Balaban J connectivity index is 2.04. The Bertz CT molecular complexity index is 540. The summed E-state index contributed by atoms with van der Waals surface area (Å²) in [7, 11) is 0. The average Bonchev–Trinajstić information content (AvgIpc) is 2.85. The number of aryl methyl sites for hydroxylation is 1. The zero-order valence-electron chi connectivity index (χ0n) is 10.0. The van der Waals surface area contributed by atoms with Crippen LogP contribution in [0.25, 0.3) is 11.2 Å². The van der Waals surface area contributed by atoms with Gasteiger partial charge in [0.15, 0.2) is 5.65 Å². The zero-order valence-corrected chi connectivity index (χ0v) is 10.0. The van der Waals surface area contributed by atoms with Crippen molar-refractivity contribution in [2.75, 3.05) is 0 Å². The Kier molecular flexibility index (Phi) is 2.36. The molecule has 0 radical (unpaired) electrons. The first-order valence-corrected chi connectivity index (χ1v) is 5.99. The van der Waals surface area contributed by atoms with Crippen LogP contribution in [0.4, 0.5) is 0 Å². The van der Waals surface area contributed by atoms with Gasteiger partial charge in [0.05, 0.1) is 18.1 Å². The van der Waals surface area contributed by atoms with E-state index in [1.54, 1.807) is 6.33 Å². The van der Waals surface area contributed by atoms with Crippen LogP contribution in [0.2, 0.25) is 0 Å². The fourth-order valence-electron chi connectivity index (χ4n) is 2.66. The van der Waals surface area contributed by atoms with Crippen molar-refractivity contribution in [3.05, 3.63) is 18.3 Å². The van der Waals surface area contributed by atoms with Crippen molar-refractivity contribution >= 4 is 11.2 Å². The molecule has 0 amide bonds. The molecule has 5 nitrogen and oxygen atoms in total. The van der Waals surface area contributed by atoms with Crippen molar-refractivity contribution in [1.29, 1.82) is 0 Å². The van der Waals surface area contributed by atoms with E-state index in [0.717, 1.165) is 29.7 Å². The molecule has 90 valence electrons. The first kappa shape index (κ1) is 10.7. The first-order chi connectivity index (χ1) is 8.16. The molecule has 3 rings (SSSR count). The summed E-state index contributed by atoms with van der Waals surface area (Å²) in [5.41, 5.74) is 2.64. The molecule has 0 aliphatic heterocycles. The summed E-state index contributed by atoms with van der Waals surface area (Å²) in [6.45, 7) is 4.03. The second-order valence-electron chi connectivity index (χ2n) is 4.95. The Labute approximate surface area is 99.5 Å². The van der Waals surface area contributed by atoms with Gasteiger partial charge in [-0.05, 0) is 25.7 Å². The minimum absolute atomic E-state index is 0.208. The number of fused-ring (bicyclic) bond motifs is 1. The first-order valence-electron chi connectivity index (χ1n) is 5.99. The molecule has 2 aromatic rings. The van der Waals surface area contributed by atoms with Crippen molar-refractivity contribution in [2.24, 2.45) is 5.92 Å². The highest BCUT2D eigenvalue weighted by Crippen LogP contribution is 2.35. The topological polar surface area (TPSA) is 63.8 Å². The molecule has 0 saturated heterocycles. The molecule has 0 spiro atoms. The predicted octanol–water partition coefficient (Wildman–Crippen LogP) is 1.47. The van der Waals surface area contributed by atoms with Crippen LogP contribution in [0.1, 0.15) is 31.5 Å². The lowest BCUT2D eigenvalue weighted by molar-refractivity contribution is 0.139. The van der Waals surface area contributed by atoms with E-state index in [-0.39, 0.29) is 6.10 Å². The number of rotatable bonds is 1. The molecule has 1 aliphatic carbocycles. The third-order valence-corrected chi connectivity index (χ3v) is 3.75. The van der Waals surface area contributed by atoms with Gasteiger partial charge in [0.25, 0.3) is 0 Å². The predicted molar refractivity (Wildman–Crippen MR) is 63.5 cm³/mol. The molecule has 0 unspecified atom stereocenters. The summed E-state index contributed by atoms with van der Waals surface area (Å²) in [5, 5.41) is 9.83. The molecule has 1 saturated carbocycles. The normalized spacial score (nSPS) is 29.0. The monoisotopic (exact) mass is 232 g/mol. The van der Waals surface area contributed by atoms with E-state index in [1.165, 1.54) is 0 Å². The SMILES string of the molecule is Cc1ncnc2c1ncn2[C@@H]1C[C@H](C)[C@@H](O)C1. The van der Waals surface area contributed by atoms with Gasteiger partial charge in [-0.3, -0.25) is 0 Å². The van der Waals surface area contributed by atoms with Gasteiger partial charge in [-0.1, -0.05) is 6.92 Å². The van der Waals surface area contributed by atoms with Gasteiger partial charge >= 0.3 is 0 Å². The van der Waals surface area contributed by atoms with Crippen LogP contribution in [0.5, 0.6) is 0 Å². The van der Waals surface area contributed by atoms with E-state index in [4.69, 9.17) is 0 Å².